The number of aromatic nitrogens is 4. The van der Waals surface area contributed by atoms with Crippen LogP contribution in [0.4, 0.5) is 0 Å². The number of nitrogens with zero attached hydrogens (tertiary/aromatic N) is 5. The van der Waals surface area contributed by atoms with Crippen LogP contribution in [0.5, 0.6) is 17.4 Å². The molecule has 1 saturated carbocycles. The molecule has 6 rings (SSSR count). The Hall–Kier alpha value is -3.40. The highest BCUT2D eigenvalue weighted by Gasteiger charge is 2.41. The molecule has 2 aliphatic rings. The van der Waals surface area contributed by atoms with Gasteiger partial charge in [-0.15, -0.1) is 0 Å². The maximum Gasteiger partial charge on any atom is 0.245 e. The van der Waals surface area contributed by atoms with Crippen LogP contribution in [-0.4, -0.2) is 76.5 Å². The number of hydrogen-bond acceptors (Lipinski definition) is 8. The maximum atomic E-state index is 6.99. The molecular formula is C29H33ClN6O3. The predicted octanol–water partition coefficient (Wildman–Crippen LogP) is 4.42. The lowest BCUT2D eigenvalue weighted by Crippen LogP contribution is -2.44. The van der Waals surface area contributed by atoms with E-state index in [4.69, 9.17) is 30.8 Å². The Kier molecular flexibility index (Phi) is 7.29. The molecule has 0 atom stereocenters. The second-order valence-corrected chi connectivity index (χ2v) is 10.7. The predicted molar refractivity (Wildman–Crippen MR) is 151 cm³/mol. The van der Waals surface area contributed by atoms with Crippen molar-refractivity contribution < 1.29 is 14.2 Å². The fourth-order valence-corrected chi connectivity index (χ4v) is 5.18. The number of benzene rings is 2. The summed E-state index contributed by atoms with van der Waals surface area (Å²) in [5.41, 5.74) is 2.94. The number of halogens is 1. The van der Waals surface area contributed by atoms with Crippen LogP contribution in [0, 0.1) is 0 Å². The summed E-state index contributed by atoms with van der Waals surface area (Å²) in [6.45, 7) is 8.09. The molecule has 0 radical (unpaired) electrons. The lowest BCUT2D eigenvalue weighted by molar-refractivity contribution is 0.188. The minimum absolute atomic E-state index is 0.199. The molecular weight excluding hydrogens is 516 g/mol. The van der Waals surface area contributed by atoms with E-state index in [1.165, 1.54) is 6.33 Å². The number of piperazine rings is 1. The first-order chi connectivity index (χ1) is 19.0. The van der Waals surface area contributed by atoms with E-state index in [0.29, 0.717) is 52.5 Å². The number of nitrogens with one attached hydrogen (secondary N) is 1. The summed E-state index contributed by atoms with van der Waals surface area (Å²) < 4.78 is 20.2. The molecule has 1 aliphatic carbocycles. The van der Waals surface area contributed by atoms with Crippen LogP contribution >= 0.6 is 11.6 Å². The lowest BCUT2D eigenvalue weighted by atomic mass is 10.1. The molecule has 204 valence electrons. The van der Waals surface area contributed by atoms with Crippen LogP contribution in [0.3, 0.4) is 0 Å². The molecule has 0 spiro atoms. The molecule has 4 aromatic rings. The van der Waals surface area contributed by atoms with Crippen molar-refractivity contribution in [3.63, 3.8) is 0 Å². The second kappa shape index (κ2) is 11.0. The van der Waals surface area contributed by atoms with Gasteiger partial charge in [-0.3, -0.25) is 4.90 Å². The fourth-order valence-electron chi connectivity index (χ4n) is 4.86. The summed E-state index contributed by atoms with van der Waals surface area (Å²) in [7, 11) is 1.61. The average molecular weight is 549 g/mol. The van der Waals surface area contributed by atoms with Gasteiger partial charge in [0.15, 0.2) is 22.7 Å². The van der Waals surface area contributed by atoms with E-state index in [-0.39, 0.29) is 5.60 Å². The fraction of sp³-hybridized carbons (Fsp3) is 0.414. The van der Waals surface area contributed by atoms with Gasteiger partial charge in [0, 0.05) is 38.3 Å². The van der Waals surface area contributed by atoms with Crippen LogP contribution in [0.2, 0.25) is 5.02 Å². The minimum Gasteiger partial charge on any atom is -0.491 e. The molecule has 2 aromatic heterocycles. The molecule has 9 nitrogen and oxygen atoms in total. The Bertz CT molecular complexity index is 1450. The normalized spacial score (nSPS) is 16.8. The molecule has 2 fully saturated rings. The van der Waals surface area contributed by atoms with Gasteiger partial charge >= 0.3 is 0 Å². The zero-order valence-corrected chi connectivity index (χ0v) is 23.1. The first-order valence-corrected chi connectivity index (χ1v) is 13.8. The summed E-state index contributed by atoms with van der Waals surface area (Å²) in [6.07, 6.45) is 3.53. The quantitative estimate of drug-likeness (QED) is 0.312. The number of fused-ring (bicyclic) bond motifs is 1. The lowest BCUT2D eigenvalue weighted by Gasteiger charge is -2.27. The van der Waals surface area contributed by atoms with Gasteiger partial charge < -0.3 is 24.1 Å². The highest BCUT2D eigenvalue weighted by atomic mass is 35.5. The number of imidazole rings is 1. The zero-order valence-electron chi connectivity index (χ0n) is 22.3. The zero-order chi connectivity index (χ0) is 26.8. The molecule has 1 saturated heterocycles. The van der Waals surface area contributed by atoms with Crippen LogP contribution in [-0.2, 0) is 6.54 Å². The SMILES string of the molecule is COc1c(OCCN2CCNCC2)ccc(-c2nc3c(OC4(C)CC4)ncnc3n2Cc2ccccc2)c1Cl. The van der Waals surface area contributed by atoms with Gasteiger partial charge in [-0.05, 0) is 37.5 Å². The Labute approximate surface area is 233 Å². The van der Waals surface area contributed by atoms with Gasteiger partial charge in [0.25, 0.3) is 0 Å². The summed E-state index contributed by atoms with van der Waals surface area (Å²) in [4.78, 5) is 16.4. The van der Waals surface area contributed by atoms with Crippen molar-refractivity contribution in [1.29, 1.82) is 0 Å². The largest absolute Gasteiger partial charge is 0.491 e. The molecule has 2 aromatic carbocycles. The Morgan fingerprint density at radius 2 is 1.85 bits per heavy atom. The molecule has 39 heavy (non-hydrogen) atoms. The van der Waals surface area contributed by atoms with E-state index in [1.807, 2.05) is 30.3 Å². The van der Waals surface area contributed by atoms with Crippen molar-refractivity contribution >= 4 is 22.8 Å². The monoisotopic (exact) mass is 548 g/mol. The van der Waals surface area contributed by atoms with Crippen LogP contribution in [0.1, 0.15) is 25.3 Å². The molecule has 1 aliphatic heterocycles. The van der Waals surface area contributed by atoms with E-state index in [9.17, 15) is 0 Å². The van der Waals surface area contributed by atoms with E-state index < -0.39 is 0 Å². The number of ether oxygens (including phenoxy) is 3. The van der Waals surface area contributed by atoms with E-state index in [1.54, 1.807) is 7.11 Å². The highest BCUT2D eigenvalue weighted by molar-refractivity contribution is 6.35. The highest BCUT2D eigenvalue weighted by Crippen LogP contribution is 2.44. The van der Waals surface area contributed by atoms with E-state index >= 15 is 0 Å². The maximum absolute atomic E-state index is 6.99. The first-order valence-electron chi connectivity index (χ1n) is 13.4. The van der Waals surface area contributed by atoms with Crippen molar-refractivity contribution in [2.75, 3.05) is 46.4 Å². The molecule has 0 bridgehead atoms. The number of methoxy groups -OCH3 is 1. The van der Waals surface area contributed by atoms with Gasteiger partial charge in [-0.25, -0.2) is 9.97 Å². The minimum atomic E-state index is -0.199. The van der Waals surface area contributed by atoms with Crippen molar-refractivity contribution in [2.45, 2.75) is 31.9 Å². The van der Waals surface area contributed by atoms with Gasteiger partial charge in [0.05, 0.1) is 18.7 Å². The van der Waals surface area contributed by atoms with Crippen molar-refractivity contribution in [1.82, 2.24) is 29.7 Å². The Balaban J connectivity index is 1.37. The molecule has 0 unspecified atom stereocenters. The van der Waals surface area contributed by atoms with Crippen molar-refractivity contribution in [3.8, 4) is 28.8 Å². The van der Waals surface area contributed by atoms with Crippen molar-refractivity contribution in [3.05, 3.63) is 59.4 Å². The summed E-state index contributed by atoms with van der Waals surface area (Å²) in [5.74, 6) is 2.25. The average Bonchev–Trinajstić information content (AvgIpc) is 3.58. The van der Waals surface area contributed by atoms with Gasteiger partial charge in [-0.1, -0.05) is 41.9 Å². The van der Waals surface area contributed by atoms with Gasteiger partial charge in [0.1, 0.15) is 24.4 Å². The Morgan fingerprint density at radius 1 is 1.05 bits per heavy atom. The molecule has 3 heterocycles. The smallest absolute Gasteiger partial charge is 0.245 e. The summed E-state index contributed by atoms with van der Waals surface area (Å²) in [6, 6.07) is 14.0. The van der Waals surface area contributed by atoms with Crippen LogP contribution in [0.25, 0.3) is 22.6 Å². The Morgan fingerprint density at radius 3 is 2.59 bits per heavy atom. The van der Waals surface area contributed by atoms with Crippen molar-refractivity contribution in [2.24, 2.45) is 0 Å². The summed E-state index contributed by atoms with van der Waals surface area (Å²) >= 11 is 6.99. The number of rotatable bonds is 10. The number of hydrogen-bond donors (Lipinski definition) is 1. The van der Waals surface area contributed by atoms with Crippen LogP contribution in [0.15, 0.2) is 48.8 Å². The van der Waals surface area contributed by atoms with Gasteiger partial charge in [-0.2, -0.15) is 4.98 Å². The molecule has 1 N–H and O–H groups in total. The van der Waals surface area contributed by atoms with E-state index in [2.05, 4.69) is 43.8 Å². The van der Waals surface area contributed by atoms with Gasteiger partial charge in [0.2, 0.25) is 5.88 Å². The third-order valence-electron chi connectivity index (χ3n) is 7.36. The summed E-state index contributed by atoms with van der Waals surface area (Å²) in [5, 5.41) is 3.81. The third kappa shape index (κ3) is 5.52. The van der Waals surface area contributed by atoms with E-state index in [0.717, 1.165) is 56.7 Å². The standard InChI is InChI=1S/C29H33ClN6O3/c1-29(10-11-29)39-28-24-27(32-19-33-28)36(18-20-6-4-3-5-7-20)26(34-24)21-8-9-22(25(37-2)23(21)30)38-17-16-35-14-12-31-13-15-35/h3-9,19,31H,10-18H2,1-2H3. The topological polar surface area (TPSA) is 86.6 Å². The van der Waals surface area contributed by atoms with Crippen LogP contribution < -0.4 is 19.5 Å². The molecule has 0 amide bonds. The first kappa shape index (κ1) is 25.9. The molecule has 10 heteroatoms. The third-order valence-corrected chi connectivity index (χ3v) is 7.74. The second-order valence-electron chi connectivity index (χ2n) is 10.3.